The fourth-order valence-corrected chi connectivity index (χ4v) is 4.76. The normalized spacial score (nSPS) is 14.4. The van der Waals surface area contributed by atoms with Gasteiger partial charge >= 0.3 is 5.97 Å². The van der Waals surface area contributed by atoms with Gasteiger partial charge in [0, 0.05) is 11.3 Å². The molecule has 3 aromatic carbocycles. The summed E-state index contributed by atoms with van der Waals surface area (Å²) in [6, 6.07) is 15.7. The number of ether oxygens (including phenoxy) is 2. The average molecular weight is 539 g/mol. The first-order valence-electron chi connectivity index (χ1n) is 11.4. The van der Waals surface area contributed by atoms with E-state index in [4.69, 9.17) is 21.1 Å². The maximum atomic E-state index is 13.0. The fraction of sp³-hybridized carbons (Fsp3) is 0.185. The van der Waals surface area contributed by atoms with Crippen molar-refractivity contribution in [3.8, 4) is 5.75 Å². The number of halogens is 1. The van der Waals surface area contributed by atoms with Gasteiger partial charge in [0.05, 0.1) is 29.2 Å². The summed E-state index contributed by atoms with van der Waals surface area (Å²) >= 11 is 6.85. The van der Waals surface area contributed by atoms with Crippen LogP contribution in [0.4, 0.5) is 10.5 Å². The molecule has 4 rings (SSSR count). The lowest BCUT2D eigenvalue weighted by Crippen LogP contribution is -2.36. The number of nitrogens with one attached hydrogen (secondary N) is 1. The Morgan fingerprint density at radius 2 is 1.89 bits per heavy atom. The van der Waals surface area contributed by atoms with Crippen LogP contribution < -0.4 is 10.1 Å². The molecule has 0 radical (unpaired) electrons. The van der Waals surface area contributed by atoms with Gasteiger partial charge in [-0.15, -0.1) is 0 Å². The predicted molar refractivity (Wildman–Crippen MR) is 144 cm³/mol. The van der Waals surface area contributed by atoms with Crippen molar-refractivity contribution < 1.29 is 28.7 Å². The van der Waals surface area contributed by atoms with Crippen molar-refractivity contribution in [2.45, 2.75) is 13.3 Å². The topological polar surface area (TPSA) is 102 Å². The molecule has 37 heavy (non-hydrogen) atoms. The number of fused-ring (bicyclic) bond motifs is 1. The Hall–Kier alpha value is -3.82. The van der Waals surface area contributed by atoms with Gasteiger partial charge in [-0.2, -0.15) is 0 Å². The number of anilines is 1. The summed E-state index contributed by atoms with van der Waals surface area (Å²) < 4.78 is 10.6. The molecule has 0 aliphatic carbocycles. The quantitative estimate of drug-likeness (QED) is 0.288. The number of carbonyl (C=O) groups excluding carboxylic acids is 4. The Balaban J connectivity index is 1.51. The molecule has 0 saturated carbocycles. The van der Waals surface area contributed by atoms with Crippen molar-refractivity contribution >= 4 is 68.9 Å². The number of nitrogens with zero attached hydrogens (tertiary/aromatic N) is 1. The lowest BCUT2D eigenvalue weighted by Gasteiger charge is -2.13. The van der Waals surface area contributed by atoms with Crippen LogP contribution in [0.2, 0.25) is 5.02 Å². The van der Waals surface area contributed by atoms with Gasteiger partial charge in [0.1, 0.15) is 12.3 Å². The minimum atomic E-state index is -0.610. The zero-order valence-corrected chi connectivity index (χ0v) is 21.7. The zero-order chi connectivity index (χ0) is 26.5. The highest BCUT2D eigenvalue weighted by molar-refractivity contribution is 8.18. The second-order valence-corrected chi connectivity index (χ2v) is 9.45. The van der Waals surface area contributed by atoms with E-state index in [0.717, 1.165) is 27.4 Å². The van der Waals surface area contributed by atoms with Crippen LogP contribution in [-0.2, 0) is 14.3 Å². The third-order valence-corrected chi connectivity index (χ3v) is 6.75. The van der Waals surface area contributed by atoms with Crippen LogP contribution in [0.1, 0.15) is 29.3 Å². The van der Waals surface area contributed by atoms with Crippen molar-refractivity contribution in [3.63, 3.8) is 0 Å². The largest absolute Gasteiger partial charge is 0.496 e. The third kappa shape index (κ3) is 5.79. The molecule has 3 aromatic rings. The second-order valence-electron chi connectivity index (χ2n) is 8.05. The molecule has 10 heteroatoms. The minimum Gasteiger partial charge on any atom is -0.496 e. The minimum absolute atomic E-state index is 0.103. The first-order valence-corrected chi connectivity index (χ1v) is 12.6. The van der Waals surface area contributed by atoms with Crippen molar-refractivity contribution in [2.75, 3.05) is 25.6 Å². The van der Waals surface area contributed by atoms with Crippen LogP contribution in [0.15, 0.2) is 59.5 Å². The summed E-state index contributed by atoms with van der Waals surface area (Å²) in [6.07, 6.45) is 2.26. The van der Waals surface area contributed by atoms with Gasteiger partial charge in [-0.1, -0.05) is 48.9 Å². The van der Waals surface area contributed by atoms with E-state index in [2.05, 4.69) is 5.32 Å². The Morgan fingerprint density at radius 1 is 1.11 bits per heavy atom. The van der Waals surface area contributed by atoms with Crippen LogP contribution >= 0.6 is 23.4 Å². The lowest BCUT2D eigenvalue weighted by molar-refractivity contribution is -0.127. The molecular formula is C27H23ClN2O6S. The number of hydrogen-bond donors (Lipinski definition) is 1. The fourth-order valence-electron chi connectivity index (χ4n) is 3.75. The number of amides is 3. The second kappa shape index (κ2) is 11.5. The van der Waals surface area contributed by atoms with E-state index in [1.807, 2.05) is 37.3 Å². The van der Waals surface area contributed by atoms with Gasteiger partial charge in [-0.3, -0.25) is 19.3 Å². The Bertz CT molecular complexity index is 1440. The summed E-state index contributed by atoms with van der Waals surface area (Å²) in [5.41, 5.74) is 1.05. The zero-order valence-electron chi connectivity index (χ0n) is 20.1. The summed E-state index contributed by atoms with van der Waals surface area (Å²) in [6.45, 7) is 1.61. The maximum absolute atomic E-state index is 13.0. The molecule has 0 aromatic heterocycles. The lowest BCUT2D eigenvalue weighted by atomic mass is 10.0. The van der Waals surface area contributed by atoms with E-state index in [-0.39, 0.29) is 27.8 Å². The van der Waals surface area contributed by atoms with Crippen LogP contribution in [0.3, 0.4) is 0 Å². The van der Waals surface area contributed by atoms with E-state index < -0.39 is 29.6 Å². The van der Waals surface area contributed by atoms with E-state index in [0.29, 0.717) is 17.7 Å². The van der Waals surface area contributed by atoms with Gasteiger partial charge in [-0.05, 0) is 59.3 Å². The van der Waals surface area contributed by atoms with Crippen LogP contribution in [0.25, 0.3) is 16.8 Å². The first kappa shape index (κ1) is 26.2. The number of carbonyl (C=O) groups is 4. The van der Waals surface area contributed by atoms with E-state index >= 15 is 0 Å². The van der Waals surface area contributed by atoms with Gasteiger partial charge in [0.25, 0.3) is 11.1 Å². The van der Waals surface area contributed by atoms with Crippen molar-refractivity contribution in [3.05, 3.63) is 75.7 Å². The number of methoxy groups -OCH3 is 1. The summed E-state index contributed by atoms with van der Waals surface area (Å²) in [5.74, 6) is -1.25. The Morgan fingerprint density at radius 3 is 2.65 bits per heavy atom. The number of benzene rings is 3. The van der Waals surface area contributed by atoms with Crippen LogP contribution in [0.5, 0.6) is 5.75 Å². The molecule has 1 aliphatic rings. The molecule has 1 aliphatic heterocycles. The molecule has 0 unspecified atom stereocenters. The van der Waals surface area contributed by atoms with Crippen molar-refractivity contribution in [1.82, 2.24) is 4.90 Å². The Labute approximate surface area is 222 Å². The number of rotatable bonds is 8. The molecule has 1 fully saturated rings. The van der Waals surface area contributed by atoms with Crippen molar-refractivity contribution in [2.24, 2.45) is 0 Å². The van der Waals surface area contributed by atoms with Gasteiger partial charge in [0.15, 0.2) is 0 Å². The smallest absolute Gasteiger partial charge is 0.339 e. The summed E-state index contributed by atoms with van der Waals surface area (Å²) in [5, 5.41) is 4.03. The van der Waals surface area contributed by atoms with Crippen molar-refractivity contribution in [1.29, 1.82) is 0 Å². The number of hydrogen-bond acceptors (Lipinski definition) is 7. The van der Waals surface area contributed by atoms with E-state index in [1.165, 1.54) is 25.3 Å². The highest BCUT2D eigenvalue weighted by atomic mass is 35.5. The van der Waals surface area contributed by atoms with Crippen LogP contribution in [0, 0.1) is 0 Å². The monoisotopic (exact) mass is 538 g/mol. The van der Waals surface area contributed by atoms with E-state index in [1.54, 1.807) is 12.1 Å². The van der Waals surface area contributed by atoms with Gasteiger partial charge < -0.3 is 14.8 Å². The molecule has 0 atom stereocenters. The van der Waals surface area contributed by atoms with Crippen LogP contribution in [-0.4, -0.2) is 48.2 Å². The van der Waals surface area contributed by atoms with E-state index in [9.17, 15) is 19.2 Å². The molecule has 0 bridgehead atoms. The molecular weight excluding hydrogens is 516 g/mol. The van der Waals surface area contributed by atoms with Gasteiger partial charge in [-0.25, -0.2) is 4.79 Å². The molecule has 0 spiro atoms. The molecule has 3 amide bonds. The first-order chi connectivity index (χ1) is 17.8. The summed E-state index contributed by atoms with van der Waals surface area (Å²) in [4.78, 5) is 51.6. The number of esters is 1. The average Bonchev–Trinajstić information content (AvgIpc) is 3.15. The molecule has 1 N–H and O–H groups in total. The molecule has 1 heterocycles. The molecule has 190 valence electrons. The third-order valence-electron chi connectivity index (χ3n) is 5.51. The number of thioether (sulfide) groups is 1. The summed E-state index contributed by atoms with van der Waals surface area (Å²) in [7, 11) is 1.53. The van der Waals surface area contributed by atoms with Gasteiger partial charge in [0.2, 0.25) is 5.91 Å². The molecule has 8 nitrogen and oxygen atoms in total. The highest BCUT2D eigenvalue weighted by Gasteiger charge is 2.36. The maximum Gasteiger partial charge on any atom is 0.339 e. The standard InChI is InChI=1S/C27H23ClN2O6S/c1-3-12-36-26(33)20-13-17(9-10-21(20)28)29-24(31)15-30-25(32)23(37-27(30)34)14-19-18-7-5-4-6-16(18)8-11-22(19)35-2/h4-11,13-14H,3,12,15H2,1-2H3,(H,29,31)/b23-14+. The number of imide groups is 1. The molecule has 1 saturated heterocycles. The SMILES string of the molecule is CCCOC(=O)c1cc(NC(=O)CN2C(=O)S/C(=C/c3c(OC)ccc4ccccc34)C2=O)ccc1Cl. The highest BCUT2D eigenvalue weighted by Crippen LogP contribution is 2.36. The predicted octanol–water partition coefficient (Wildman–Crippen LogP) is 5.74. The Kier molecular flexibility index (Phi) is 8.15.